The number of nitrogens with one attached hydrogen (secondary N) is 1. The molecule has 2 aromatic heterocycles. The molecule has 0 saturated heterocycles. The van der Waals surface area contributed by atoms with Gasteiger partial charge in [0.25, 0.3) is 0 Å². The molecular formula is C22H26N4O3. The standard InChI is InChI=1S/C22H26N4O3/c1-14-11-17(9-10-23-14)24-21(28)16-5-3-15(4-6-16)13-26-20-12-18(27)7-8-19(20)25(2)22(26)29/h7-12,15-16,27H,3-6,13H2,1-2H3,(H,23,24,28). The number of carbonyl (C=O) groups is 1. The molecular weight excluding hydrogens is 368 g/mol. The molecule has 1 aliphatic carbocycles. The highest BCUT2D eigenvalue weighted by molar-refractivity contribution is 5.92. The van der Waals surface area contributed by atoms with Gasteiger partial charge in [-0.3, -0.25) is 18.9 Å². The summed E-state index contributed by atoms with van der Waals surface area (Å²) >= 11 is 0. The Bertz CT molecular complexity index is 1110. The summed E-state index contributed by atoms with van der Waals surface area (Å²) < 4.78 is 3.37. The van der Waals surface area contributed by atoms with Crippen molar-refractivity contribution < 1.29 is 9.90 Å². The van der Waals surface area contributed by atoms with Crippen LogP contribution in [0.5, 0.6) is 5.75 Å². The molecule has 152 valence electrons. The van der Waals surface area contributed by atoms with E-state index in [-0.39, 0.29) is 23.3 Å². The van der Waals surface area contributed by atoms with Gasteiger partial charge in [-0.05, 0) is 62.8 Å². The summed E-state index contributed by atoms with van der Waals surface area (Å²) in [6.45, 7) is 2.51. The summed E-state index contributed by atoms with van der Waals surface area (Å²) in [4.78, 5) is 29.4. The molecule has 1 saturated carbocycles. The zero-order valence-electron chi connectivity index (χ0n) is 16.8. The first-order valence-corrected chi connectivity index (χ1v) is 10.0. The smallest absolute Gasteiger partial charge is 0.328 e. The molecule has 1 aliphatic rings. The van der Waals surface area contributed by atoms with Gasteiger partial charge < -0.3 is 10.4 Å². The van der Waals surface area contributed by atoms with E-state index in [4.69, 9.17) is 0 Å². The third kappa shape index (κ3) is 3.90. The highest BCUT2D eigenvalue weighted by atomic mass is 16.3. The number of carbonyl (C=O) groups excluding carboxylic acids is 1. The number of amides is 1. The lowest BCUT2D eigenvalue weighted by Gasteiger charge is -2.28. The maximum absolute atomic E-state index is 12.7. The van der Waals surface area contributed by atoms with Crippen molar-refractivity contribution >= 4 is 22.6 Å². The Morgan fingerprint density at radius 1 is 1.17 bits per heavy atom. The fourth-order valence-electron chi connectivity index (χ4n) is 4.31. The Hall–Kier alpha value is -3.09. The molecule has 0 radical (unpaired) electrons. The van der Waals surface area contributed by atoms with E-state index in [1.54, 1.807) is 46.6 Å². The number of imidazole rings is 1. The lowest BCUT2D eigenvalue weighted by Crippen LogP contribution is -2.30. The van der Waals surface area contributed by atoms with Crippen LogP contribution in [0.1, 0.15) is 31.4 Å². The Labute approximate surface area is 169 Å². The van der Waals surface area contributed by atoms with Gasteiger partial charge >= 0.3 is 5.69 Å². The van der Waals surface area contributed by atoms with Crippen molar-refractivity contribution in [3.05, 3.63) is 52.7 Å². The molecule has 3 aromatic rings. The number of anilines is 1. The van der Waals surface area contributed by atoms with Crippen LogP contribution in [0.15, 0.2) is 41.3 Å². The predicted molar refractivity (Wildman–Crippen MR) is 112 cm³/mol. The second-order valence-corrected chi connectivity index (χ2v) is 8.02. The fraction of sp³-hybridized carbons (Fsp3) is 0.409. The van der Waals surface area contributed by atoms with E-state index < -0.39 is 0 Å². The number of benzene rings is 1. The average Bonchev–Trinajstić information content (AvgIpc) is 2.93. The molecule has 29 heavy (non-hydrogen) atoms. The predicted octanol–water partition coefficient (Wildman–Crippen LogP) is 3.19. The lowest BCUT2D eigenvalue weighted by atomic mass is 9.81. The molecule has 4 rings (SSSR count). The van der Waals surface area contributed by atoms with E-state index in [0.29, 0.717) is 12.5 Å². The summed E-state index contributed by atoms with van der Waals surface area (Å²) in [7, 11) is 1.75. The third-order valence-corrected chi connectivity index (χ3v) is 5.95. The first kappa shape index (κ1) is 19.2. The molecule has 2 N–H and O–H groups in total. The van der Waals surface area contributed by atoms with Gasteiger partial charge in [0.05, 0.1) is 11.0 Å². The van der Waals surface area contributed by atoms with Gasteiger partial charge in [0.1, 0.15) is 5.75 Å². The third-order valence-electron chi connectivity index (χ3n) is 5.95. The zero-order valence-corrected chi connectivity index (χ0v) is 16.8. The van der Waals surface area contributed by atoms with E-state index in [2.05, 4.69) is 10.3 Å². The van der Waals surface area contributed by atoms with Crippen LogP contribution in [0.4, 0.5) is 5.69 Å². The zero-order chi connectivity index (χ0) is 20.5. The summed E-state index contributed by atoms with van der Waals surface area (Å²) in [6, 6.07) is 8.68. The number of hydrogen-bond acceptors (Lipinski definition) is 4. The second-order valence-electron chi connectivity index (χ2n) is 8.02. The first-order valence-electron chi connectivity index (χ1n) is 10.0. The number of aromatic nitrogens is 3. The Balaban J connectivity index is 1.41. The molecule has 1 aromatic carbocycles. The van der Waals surface area contributed by atoms with Gasteiger partial charge in [-0.1, -0.05) is 0 Å². The Morgan fingerprint density at radius 3 is 2.66 bits per heavy atom. The first-order chi connectivity index (χ1) is 13.9. The maximum atomic E-state index is 12.7. The molecule has 0 aliphatic heterocycles. The highest BCUT2D eigenvalue weighted by Gasteiger charge is 2.27. The SMILES string of the molecule is Cc1cc(NC(=O)C2CCC(Cn3c(=O)n(C)c4ccc(O)cc43)CC2)ccn1. The molecule has 7 nitrogen and oxygen atoms in total. The van der Waals surface area contributed by atoms with Crippen LogP contribution in [0.25, 0.3) is 11.0 Å². The number of hydrogen-bond donors (Lipinski definition) is 2. The number of aromatic hydroxyl groups is 1. The number of aryl methyl sites for hydroxylation is 2. The van der Waals surface area contributed by atoms with Crippen molar-refractivity contribution in [1.82, 2.24) is 14.1 Å². The molecule has 0 bridgehead atoms. The van der Waals surface area contributed by atoms with Gasteiger partial charge in [0.15, 0.2) is 0 Å². The van der Waals surface area contributed by atoms with E-state index in [9.17, 15) is 14.7 Å². The molecule has 0 atom stereocenters. The van der Waals surface area contributed by atoms with Crippen LogP contribution in [0.3, 0.4) is 0 Å². The van der Waals surface area contributed by atoms with Crippen molar-refractivity contribution in [3.63, 3.8) is 0 Å². The fourth-order valence-corrected chi connectivity index (χ4v) is 4.31. The van der Waals surface area contributed by atoms with Gasteiger partial charge in [-0.25, -0.2) is 4.79 Å². The van der Waals surface area contributed by atoms with Crippen LogP contribution in [-0.4, -0.2) is 25.1 Å². The van der Waals surface area contributed by atoms with E-state index >= 15 is 0 Å². The van der Waals surface area contributed by atoms with Crippen molar-refractivity contribution in [2.24, 2.45) is 18.9 Å². The van der Waals surface area contributed by atoms with Crippen molar-refractivity contribution in [1.29, 1.82) is 0 Å². The summed E-state index contributed by atoms with van der Waals surface area (Å²) in [6.07, 6.45) is 5.11. The Kier molecular flexibility index (Phi) is 5.13. The number of phenols is 1. The summed E-state index contributed by atoms with van der Waals surface area (Å²) in [5.74, 6) is 0.547. The molecule has 0 unspecified atom stereocenters. The topological polar surface area (TPSA) is 89.2 Å². The minimum atomic E-state index is -0.0708. The lowest BCUT2D eigenvalue weighted by molar-refractivity contribution is -0.121. The van der Waals surface area contributed by atoms with Crippen LogP contribution >= 0.6 is 0 Å². The Morgan fingerprint density at radius 2 is 1.93 bits per heavy atom. The molecule has 1 fully saturated rings. The monoisotopic (exact) mass is 394 g/mol. The van der Waals surface area contributed by atoms with Crippen LogP contribution in [0.2, 0.25) is 0 Å². The largest absolute Gasteiger partial charge is 0.508 e. The van der Waals surface area contributed by atoms with Crippen molar-refractivity contribution in [2.45, 2.75) is 39.2 Å². The second kappa shape index (κ2) is 7.73. The summed E-state index contributed by atoms with van der Waals surface area (Å²) in [5.41, 5.74) is 3.15. The maximum Gasteiger partial charge on any atom is 0.328 e. The number of fused-ring (bicyclic) bond motifs is 1. The number of phenolic OH excluding ortho intramolecular Hbond substituents is 1. The number of rotatable bonds is 4. The van der Waals surface area contributed by atoms with Crippen molar-refractivity contribution in [3.8, 4) is 5.75 Å². The average molecular weight is 394 g/mol. The van der Waals surface area contributed by atoms with Gasteiger partial charge in [-0.2, -0.15) is 0 Å². The van der Waals surface area contributed by atoms with Gasteiger partial charge in [-0.15, -0.1) is 0 Å². The van der Waals surface area contributed by atoms with Crippen LogP contribution in [-0.2, 0) is 18.4 Å². The number of pyridine rings is 1. The van der Waals surface area contributed by atoms with E-state index in [0.717, 1.165) is 48.1 Å². The van der Waals surface area contributed by atoms with E-state index in [1.165, 1.54) is 0 Å². The normalized spacial score (nSPS) is 19.4. The molecule has 1 amide bonds. The molecule has 7 heteroatoms. The van der Waals surface area contributed by atoms with Crippen molar-refractivity contribution in [2.75, 3.05) is 5.32 Å². The van der Waals surface area contributed by atoms with E-state index in [1.807, 2.05) is 13.0 Å². The summed E-state index contributed by atoms with van der Waals surface area (Å²) in [5, 5.41) is 12.8. The highest BCUT2D eigenvalue weighted by Crippen LogP contribution is 2.31. The minimum Gasteiger partial charge on any atom is -0.508 e. The number of nitrogens with zero attached hydrogens (tertiary/aromatic N) is 3. The minimum absolute atomic E-state index is 0.00648. The van der Waals surface area contributed by atoms with Gasteiger partial charge in [0.2, 0.25) is 5.91 Å². The molecule has 0 spiro atoms. The van der Waals surface area contributed by atoms with Crippen LogP contribution in [0, 0.1) is 18.8 Å². The quantitative estimate of drug-likeness (QED) is 0.711. The molecule has 2 heterocycles. The van der Waals surface area contributed by atoms with Crippen LogP contribution < -0.4 is 11.0 Å². The van der Waals surface area contributed by atoms with Gasteiger partial charge in [0, 0.05) is 43.2 Å².